The maximum Gasteiger partial charge on any atom is 0.193 e. The van der Waals surface area contributed by atoms with E-state index in [4.69, 9.17) is 4.74 Å². The number of nitrogens with one attached hydrogen (secondary N) is 1. The van der Waals surface area contributed by atoms with Crippen LogP contribution in [0.3, 0.4) is 0 Å². The number of aliphatic imine (C=N–C) groups is 1. The summed E-state index contributed by atoms with van der Waals surface area (Å²) in [6.07, 6.45) is 5.92. The highest BCUT2D eigenvalue weighted by atomic mass is 127. The lowest BCUT2D eigenvalue weighted by atomic mass is 10.2. The molecule has 0 atom stereocenters. The molecule has 0 spiro atoms. The van der Waals surface area contributed by atoms with E-state index < -0.39 is 0 Å². The number of rotatable bonds is 8. The number of aryl methyl sites for hydroxylation is 2. The fourth-order valence-electron chi connectivity index (χ4n) is 2.79. The van der Waals surface area contributed by atoms with Crippen molar-refractivity contribution in [3.63, 3.8) is 0 Å². The van der Waals surface area contributed by atoms with Crippen LogP contribution in [0.15, 0.2) is 35.6 Å². The molecule has 0 aliphatic heterocycles. The van der Waals surface area contributed by atoms with E-state index in [0.717, 1.165) is 43.3 Å². The van der Waals surface area contributed by atoms with E-state index in [9.17, 15) is 4.39 Å². The average molecular weight is 489 g/mol. The quantitative estimate of drug-likeness (QED) is 0.267. The highest BCUT2D eigenvalue weighted by Gasteiger charge is 2.09. The Labute approximate surface area is 177 Å². The van der Waals surface area contributed by atoms with Gasteiger partial charge in [-0.25, -0.2) is 9.37 Å². The van der Waals surface area contributed by atoms with E-state index in [0.29, 0.717) is 6.54 Å². The van der Waals surface area contributed by atoms with Crippen LogP contribution in [0.4, 0.5) is 4.39 Å². The van der Waals surface area contributed by atoms with E-state index in [1.165, 1.54) is 13.2 Å². The highest BCUT2D eigenvalue weighted by molar-refractivity contribution is 14.0. The maximum atomic E-state index is 13.8. The first-order chi connectivity index (χ1) is 12.5. The van der Waals surface area contributed by atoms with Crippen molar-refractivity contribution < 1.29 is 9.13 Å². The lowest BCUT2D eigenvalue weighted by molar-refractivity contribution is 0.385. The molecule has 27 heavy (non-hydrogen) atoms. The molecule has 0 fully saturated rings. The van der Waals surface area contributed by atoms with Crippen LogP contribution in [-0.4, -0.2) is 48.2 Å². The number of aromatic nitrogens is 2. The molecule has 0 unspecified atom stereocenters. The Hall–Kier alpha value is -1.84. The first-order valence-electron chi connectivity index (χ1n) is 8.77. The Balaban J connectivity index is 0.00000364. The van der Waals surface area contributed by atoms with Gasteiger partial charge in [-0.2, -0.15) is 0 Å². The Bertz CT molecular complexity index is 735. The SMILES string of the molecule is CN=C(NCCCCn1ccnc1C)N(C)Cc1ccc(OC)c(F)c1.I. The van der Waals surface area contributed by atoms with Crippen LogP contribution in [0.5, 0.6) is 5.75 Å². The summed E-state index contributed by atoms with van der Waals surface area (Å²) >= 11 is 0. The van der Waals surface area contributed by atoms with Gasteiger partial charge in [-0.05, 0) is 37.5 Å². The van der Waals surface area contributed by atoms with E-state index in [1.807, 2.05) is 37.3 Å². The Kier molecular flexibility index (Phi) is 10.1. The minimum absolute atomic E-state index is 0. The highest BCUT2D eigenvalue weighted by Crippen LogP contribution is 2.18. The number of hydrogen-bond donors (Lipinski definition) is 1. The number of ether oxygens (including phenoxy) is 1. The summed E-state index contributed by atoms with van der Waals surface area (Å²) in [6.45, 7) is 4.38. The zero-order chi connectivity index (χ0) is 18.9. The average Bonchev–Trinajstić information content (AvgIpc) is 3.03. The van der Waals surface area contributed by atoms with Gasteiger partial charge in [-0.3, -0.25) is 4.99 Å². The van der Waals surface area contributed by atoms with Crippen molar-refractivity contribution in [1.82, 2.24) is 19.8 Å². The standard InChI is InChI=1S/C19H28FN5O.HI/c1-15-22-10-12-25(15)11-6-5-9-23-19(21-2)24(3)14-16-7-8-18(26-4)17(20)13-16;/h7-8,10,12-13H,5-6,9,11,14H2,1-4H3,(H,21,23);1H. The van der Waals surface area contributed by atoms with Crippen molar-refractivity contribution in [3.8, 4) is 5.75 Å². The molecule has 2 rings (SSSR count). The van der Waals surface area contributed by atoms with E-state index in [1.54, 1.807) is 13.1 Å². The summed E-state index contributed by atoms with van der Waals surface area (Å²) in [5, 5.41) is 3.35. The van der Waals surface area contributed by atoms with Crippen LogP contribution in [0.25, 0.3) is 0 Å². The monoisotopic (exact) mass is 489 g/mol. The molecule has 0 aliphatic rings. The largest absolute Gasteiger partial charge is 0.494 e. The third-order valence-electron chi connectivity index (χ3n) is 4.24. The number of hydrogen-bond acceptors (Lipinski definition) is 3. The van der Waals surface area contributed by atoms with Gasteiger partial charge in [0, 0.05) is 46.1 Å². The lowest BCUT2D eigenvalue weighted by Gasteiger charge is -2.22. The molecular formula is C19H29FIN5O. The second-order valence-corrected chi connectivity index (χ2v) is 6.17. The smallest absolute Gasteiger partial charge is 0.193 e. The molecule has 150 valence electrons. The van der Waals surface area contributed by atoms with Gasteiger partial charge in [0.2, 0.25) is 0 Å². The van der Waals surface area contributed by atoms with Gasteiger partial charge in [0.25, 0.3) is 0 Å². The van der Waals surface area contributed by atoms with E-state index in [-0.39, 0.29) is 35.5 Å². The number of benzene rings is 1. The normalized spacial score (nSPS) is 11.1. The molecule has 1 heterocycles. The number of unbranched alkanes of at least 4 members (excludes halogenated alkanes) is 1. The topological polar surface area (TPSA) is 54.7 Å². The molecule has 0 bridgehead atoms. The number of nitrogens with zero attached hydrogens (tertiary/aromatic N) is 4. The van der Waals surface area contributed by atoms with Gasteiger partial charge in [-0.15, -0.1) is 24.0 Å². The van der Waals surface area contributed by atoms with Crippen molar-refractivity contribution in [1.29, 1.82) is 0 Å². The van der Waals surface area contributed by atoms with Gasteiger partial charge in [0.05, 0.1) is 7.11 Å². The van der Waals surface area contributed by atoms with Crippen LogP contribution in [0.2, 0.25) is 0 Å². The predicted molar refractivity (Wildman–Crippen MR) is 117 cm³/mol. The Morgan fingerprint density at radius 3 is 2.74 bits per heavy atom. The molecule has 0 radical (unpaired) electrons. The van der Waals surface area contributed by atoms with Crippen molar-refractivity contribution in [2.75, 3.05) is 27.7 Å². The molecule has 0 amide bonds. The zero-order valence-corrected chi connectivity index (χ0v) is 18.7. The molecule has 1 aromatic heterocycles. The van der Waals surface area contributed by atoms with Crippen LogP contribution < -0.4 is 10.1 Å². The third-order valence-corrected chi connectivity index (χ3v) is 4.24. The van der Waals surface area contributed by atoms with Gasteiger partial charge in [0.1, 0.15) is 5.82 Å². The van der Waals surface area contributed by atoms with E-state index in [2.05, 4.69) is 19.9 Å². The predicted octanol–water partition coefficient (Wildman–Crippen LogP) is 3.44. The van der Waals surface area contributed by atoms with Crippen LogP contribution in [-0.2, 0) is 13.1 Å². The molecule has 0 aliphatic carbocycles. The van der Waals surface area contributed by atoms with Gasteiger partial charge in [0.15, 0.2) is 17.5 Å². The number of guanidine groups is 1. The van der Waals surface area contributed by atoms with E-state index >= 15 is 0 Å². The Morgan fingerprint density at radius 1 is 1.37 bits per heavy atom. The fourth-order valence-corrected chi connectivity index (χ4v) is 2.79. The molecule has 2 aromatic rings. The third kappa shape index (κ3) is 7.00. The summed E-state index contributed by atoms with van der Waals surface area (Å²) < 4.78 is 20.9. The molecular weight excluding hydrogens is 460 g/mol. The zero-order valence-electron chi connectivity index (χ0n) is 16.4. The van der Waals surface area contributed by atoms with Gasteiger partial charge in [-0.1, -0.05) is 6.07 Å². The molecule has 6 nitrogen and oxygen atoms in total. The van der Waals surface area contributed by atoms with Gasteiger partial charge < -0.3 is 19.5 Å². The van der Waals surface area contributed by atoms with Crippen molar-refractivity contribution in [2.45, 2.75) is 32.9 Å². The number of halogens is 2. The molecule has 1 N–H and O–H groups in total. The molecule has 0 saturated heterocycles. The van der Waals surface area contributed by atoms with Crippen LogP contribution >= 0.6 is 24.0 Å². The second kappa shape index (κ2) is 11.8. The maximum absolute atomic E-state index is 13.8. The summed E-state index contributed by atoms with van der Waals surface area (Å²) in [6, 6.07) is 5.00. The van der Waals surface area contributed by atoms with Crippen LogP contribution in [0.1, 0.15) is 24.2 Å². The first kappa shape index (κ1) is 23.2. The summed E-state index contributed by atoms with van der Waals surface area (Å²) in [5.41, 5.74) is 0.865. The molecule has 0 saturated carbocycles. The minimum atomic E-state index is -0.351. The Morgan fingerprint density at radius 2 is 2.15 bits per heavy atom. The number of methoxy groups -OCH3 is 1. The second-order valence-electron chi connectivity index (χ2n) is 6.17. The molecule has 8 heteroatoms. The molecule has 1 aromatic carbocycles. The van der Waals surface area contributed by atoms with Gasteiger partial charge >= 0.3 is 0 Å². The van der Waals surface area contributed by atoms with Crippen molar-refractivity contribution in [3.05, 3.63) is 47.8 Å². The summed E-state index contributed by atoms with van der Waals surface area (Å²) in [5.74, 6) is 1.74. The summed E-state index contributed by atoms with van der Waals surface area (Å²) in [7, 11) is 5.15. The number of imidazole rings is 1. The van der Waals surface area contributed by atoms with Crippen molar-refractivity contribution in [2.24, 2.45) is 4.99 Å². The van der Waals surface area contributed by atoms with Crippen LogP contribution in [0, 0.1) is 12.7 Å². The lowest BCUT2D eigenvalue weighted by Crippen LogP contribution is -2.38. The minimum Gasteiger partial charge on any atom is -0.494 e. The fraction of sp³-hybridized carbons (Fsp3) is 0.474. The van der Waals surface area contributed by atoms with Crippen molar-refractivity contribution >= 4 is 29.9 Å². The first-order valence-corrected chi connectivity index (χ1v) is 8.77. The summed E-state index contributed by atoms with van der Waals surface area (Å²) in [4.78, 5) is 10.5.